The number of hydrogen-bond acceptors (Lipinski definition) is 6. The number of nitrogens with one attached hydrogen (secondary N) is 2. The molecule has 210 valence electrons. The number of Topliss-reactive ketones (excluding diaryl/α,β-unsaturated/α-hetero) is 1. The first-order valence-corrected chi connectivity index (χ1v) is 14.6. The molecule has 1 aliphatic carbocycles. The molecule has 7 nitrogen and oxygen atoms in total. The van der Waals surface area contributed by atoms with E-state index in [1.54, 1.807) is 13.2 Å². The maximum absolute atomic E-state index is 13.5. The molecule has 2 aliphatic rings. The Hall–Kier alpha value is -3.57. The van der Waals surface area contributed by atoms with Crippen LogP contribution >= 0.6 is 15.9 Å². The number of hydrogen-bond donors (Lipinski definition) is 2. The number of benzene rings is 2. The van der Waals surface area contributed by atoms with Crippen LogP contribution in [0, 0.1) is 17.2 Å². The molecule has 0 saturated carbocycles. The molecule has 2 atom stereocenters. The molecule has 0 fully saturated rings. The smallest absolute Gasteiger partial charge is 0.255 e. The highest BCUT2D eigenvalue weighted by Crippen LogP contribution is 2.46. The Morgan fingerprint density at radius 1 is 1.20 bits per heavy atom. The number of dihydropyridines is 1. The second kappa shape index (κ2) is 13.2. The molecule has 2 N–H and O–H groups in total. The zero-order chi connectivity index (χ0) is 28.8. The molecule has 1 aliphatic heterocycles. The molecule has 1 amide bonds. The van der Waals surface area contributed by atoms with Gasteiger partial charge in [0.25, 0.3) is 5.91 Å². The average Bonchev–Trinajstić information content (AvgIpc) is 2.94. The largest absolute Gasteiger partial charge is 0.497 e. The molecular formula is C32H36BrN3O4. The molecule has 2 aromatic carbocycles. The maximum atomic E-state index is 13.5. The van der Waals surface area contributed by atoms with Crippen molar-refractivity contribution in [1.29, 1.82) is 5.26 Å². The number of halogens is 1. The van der Waals surface area contributed by atoms with Gasteiger partial charge >= 0.3 is 0 Å². The van der Waals surface area contributed by atoms with Gasteiger partial charge in [0.1, 0.15) is 18.1 Å². The first-order valence-electron chi connectivity index (χ1n) is 13.8. The number of carbonyl (C=O) groups is 2. The van der Waals surface area contributed by atoms with E-state index in [9.17, 15) is 14.9 Å². The SMILES string of the molecule is CCCNC(=O)c1cc(C2C(C#N)=C(C)NC3=C2C(=O)CC(CCC)C3)cc(Br)c1OCc1cccc(OC)c1. The topological polar surface area (TPSA) is 100 Å². The van der Waals surface area contributed by atoms with E-state index in [0.717, 1.165) is 48.4 Å². The van der Waals surface area contributed by atoms with Gasteiger partial charge < -0.3 is 20.1 Å². The van der Waals surface area contributed by atoms with Crippen LogP contribution in [0.3, 0.4) is 0 Å². The van der Waals surface area contributed by atoms with Crippen LogP contribution in [0.2, 0.25) is 0 Å². The number of methoxy groups -OCH3 is 1. The highest BCUT2D eigenvalue weighted by molar-refractivity contribution is 9.10. The van der Waals surface area contributed by atoms with Gasteiger partial charge in [-0.05, 0) is 83.4 Å². The zero-order valence-corrected chi connectivity index (χ0v) is 25.1. The van der Waals surface area contributed by atoms with Crippen LogP contribution in [0.15, 0.2) is 63.4 Å². The molecule has 2 unspecified atom stereocenters. The molecule has 0 bridgehead atoms. The van der Waals surface area contributed by atoms with E-state index in [0.29, 0.717) is 45.5 Å². The second-order valence-electron chi connectivity index (χ2n) is 10.4. The van der Waals surface area contributed by atoms with Crippen molar-refractivity contribution < 1.29 is 19.1 Å². The van der Waals surface area contributed by atoms with E-state index >= 15 is 0 Å². The van der Waals surface area contributed by atoms with Gasteiger partial charge in [0.2, 0.25) is 0 Å². The van der Waals surface area contributed by atoms with Gasteiger partial charge in [0.15, 0.2) is 5.78 Å². The lowest BCUT2D eigenvalue weighted by Gasteiger charge is -2.35. The Morgan fingerprint density at radius 3 is 2.70 bits per heavy atom. The monoisotopic (exact) mass is 605 g/mol. The Bertz CT molecular complexity index is 1410. The molecule has 0 spiro atoms. The summed E-state index contributed by atoms with van der Waals surface area (Å²) in [6.07, 6.45) is 4.02. The van der Waals surface area contributed by atoms with Crippen LogP contribution in [0.4, 0.5) is 0 Å². The van der Waals surface area contributed by atoms with E-state index in [1.165, 1.54) is 0 Å². The summed E-state index contributed by atoms with van der Waals surface area (Å²) in [6.45, 7) is 6.73. The quantitative estimate of drug-likeness (QED) is 0.313. The third-order valence-electron chi connectivity index (χ3n) is 7.43. The van der Waals surface area contributed by atoms with Crippen molar-refractivity contribution in [3.05, 3.63) is 80.1 Å². The van der Waals surface area contributed by atoms with Crippen molar-refractivity contribution in [3.8, 4) is 17.6 Å². The third kappa shape index (κ3) is 6.26. The van der Waals surface area contributed by atoms with Crippen LogP contribution in [-0.2, 0) is 11.4 Å². The summed E-state index contributed by atoms with van der Waals surface area (Å²) in [6, 6.07) is 13.5. The molecule has 40 heavy (non-hydrogen) atoms. The number of allylic oxidation sites excluding steroid dienone is 4. The summed E-state index contributed by atoms with van der Waals surface area (Å²) in [7, 11) is 1.61. The lowest BCUT2D eigenvalue weighted by atomic mass is 9.72. The lowest BCUT2D eigenvalue weighted by Crippen LogP contribution is -2.34. The Kier molecular flexibility index (Phi) is 9.70. The number of ketones is 1. The first-order chi connectivity index (χ1) is 19.3. The number of ether oxygens (including phenoxy) is 2. The van der Waals surface area contributed by atoms with Gasteiger partial charge in [-0.2, -0.15) is 5.26 Å². The molecule has 1 heterocycles. The minimum absolute atomic E-state index is 0.0592. The van der Waals surface area contributed by atoms with Crippen molar-refractivity contribution in [3.63, 3.8) is 0 Å². The van der Waals surface area contributed by atoms with E-state index in [2.05, 4.69) is 39.6 Å². The van der Waals surface area contributed by atoms with Crippen molar-refractivity contribution in [2.45, 2.75) is 65.4 Å². The highest BCUT2D eigenvalue weighted by atomic mass is 79.9. The van der Waals surface area contributed by atoms with Crippen molar-refractivity contribution in [1.82, 2.24) is 10.6 Å². The van der Waals surface area contributed by atoms with Gasteiger partial charge in [-0.25, -0.2) is 0 Å². The number of nitriles is 1. The zero-order valence-electron chi connectivity index (χ0n) is 23.5. The van der Waals surface area contributed by atoms with Gasteiger partial charge in [-0.1, -0.05) is 32.4 Å². The fraction of sp³-hybridized carbons (Fsp3) is 0.406. The van der Waals surface area contributed by atoms with Crippen LogP contribution in [0.25, 0.3) is 0 Å². The van der Waals surface area contributed by atoms with Crippen LogP contribution in [0.1, 0.15) is 80.3 Å². The minimum Gasteiger partial charge on any atom is -0.497 e. The van der Waals surface area contributed by atoms with Crippen molar-refractivity contribution in [2.75, 3.05) is 13.7 Å². The lowest BCUT2D eigenvalue weighted by molar-refractivity contribution is -0.117. The highest BCUT2D eigenvalue weighted by Gasteiger charge is 2.39. The molecule has 0 radical (unpaired) electrons. The van der Waals surface area contributed by atoms with E-state index < -0.39 is 5.92 Å². The fourth-order valence-electron chi connectivity index (χ4n) is 5.56. The summed E-state index contributed by atoms with van der Waals surface area (Å²) >= 11 is 3.65. The predicted octanol–water partition coefficient (Wildman–Crippen LogP) is 6.69. The average molecular weight is 607 g/mol. The molecular weight excluding hydrogens is 570 g/mol. The van der Waals surface area contributed by atoms with Gasteiger partial charge in [-0.15, -0.1) is 0 Å². The predicted molar refractivity (Wildman–Crippen MR) is 158 cm³/mol. The van der Waals surface area contributed by atoms with Gasteiger partial charge in [-0.3, -0.25) is 9.59 Å². The van der Waals surface area contributed by atoms with Crippen molar-refractivity contribution >= 4 is 27.6 Å². The Labute approximate surface area is 244 Å². The molecule has 4 rings (SSSR count). The number of nitrogens with zero attached hydrogens (tertiary/aromatic N) is 1. The number of amides is 1. The van der Waals surface area contributed by atoms with E-state index in [1.807, 2.05) is 44.2 Å². The van der Waals surface area contributed by atoms with Crippen molar-refractivity contribution in [2.24, 2.45) is 5.92 Å². The Balaban J connectivity index is 1.79. The van der Waals surface area contributed by atoms with Gasteiger partial charge in [0.05, 0.1) is 34.7 Å². The molecule has 0 aromatic heterocycles. The summed E-state index contributed by atoms with van der Waals surface area (Å²) < 4.78 is 12.1. The molecule has 0 saturated heterocycles. The number of rotatable bonds is 10. The number of carbonyl (C=O) groups excluding carboxylic acids is 2. The second-order valence-corrected chi connectivity index (χ2v) is 11.2. The summed E-state index contributed by atoms with van der Waals surface area (Å²) in [5.41, 5.74) is 4.69. The molecule has 8 heteroatoms. The summed E-state index contributed by atoms with van der Waals surface area (Å²) in [5, 5.41) is 16.5. The summed E-state index contributed by atoms with van der Waals surface area (Å²) in [5.74, 6) is 0.638. The minimum atomic E-state index is -0.558. The molecule has 2 aromatic rings. The standard InChI is InChI=1S/C32H36BrN3O4/c1-5-8-20-13-27-30(28(37)14-20)29(25(17-34)19(3)36-27)22-15-24(32(38)35-11-6-2)31(26(33)16-22)40-18-21-9-7-10-23(12-21)39-4/h7,9-10,12,15-16,20,29,36H,5-6,8,11,13-14,18H2,1-4H3,(H,35,38). The van der Waals surface area contributed by atoms with E-state index in [4.69, 9.17) is 9.47 Å². The third-order valence-corrected chi connectivity index (χ3v) is 8.02. The van der Waals surface area contributed by atoms with Crippen LogP contribution in [-0.4, -0.2) is 25.3 Å². The first kappa shape index (κ1) is 29.4. The summed E-state index contributed by atoms with van der Waals surface area (Å²) in [4.78, 5) is 26.9. The normalized spacial score (nSPS) is 18.6. The van der Waals surface area contributed by atoms with Crippen LogP contribution < -0.4 is 20.1 Å². The van der Waals surface area contributed by atoms with Crippen LogP contribution in [0.5, 0.6) is 11.5 Å². The maximum Gasteiger partial charge on any atom is 0.255 e. The van der Waals surface area contributed by atoms with Gasteiger partial charge in [0, 0.05) is 29.9 Å². The van der Waals surface area contributed by atoms with E-state index in [-0.39, 0.29) is 24.2 Å². The fourth-order valence-corrected chi connectivity index (χ4v) is 6.15. The Morgan fingerprint density at radius 2 is 2.00 bits per heavy atom.